The predicted molar refractivity (Wildman–Crippen MR) is 103 cm³/mol. The van der Waals surface area contributed by atoms with Crippen molar-refractivity contribution in [3.05, 3.63) is 45.7 Å². The summed E-state index contributed by atoms with van der Waals surface area (Å²) in [7, 11) is -3.66. The molecule has 0 saturated carbocycles. The highest BCUT2D eigenvalue weighted by molar-refractivity contribution is 9.10. The van der Waals surface area contributed by atoms with Gasteiger partial charge in [0.2, 0.25) is 10.0 Å². The number of rotatable bonds is 3. The number of hydrogen-bond donors (Lipinski definition) is 0. The second kappa shape index (κ2) is 7.62. The minimum absolute atomic E-state index is 0.155. The number of nitrogens with zero attached hydrogens (tertiary/aromatic N) is 3. The van der Waals surface area contributed by atoms with E-state index in [1.807, 2.05) is 6.07 Å². The van der Waals surface area contributed by atoms with Crippen molar-refractivity contribution in [3.8, 4) is 0 Å². The zero-order valence-corrected chi connectivity index (χ0v) is 17.3. The molecular weight excluding hydrogens is 418 g/mol. The van der Waals surface area contributed by atoms with Gasteiger partial charge >= 0.3 is 0 Å². The van der Waals surface area contributed by atoms with Gasteiger partial charge in [0.1, 0.15) is 4.90 Å². The molecule has 0 unspecified atom stereocenters. The van der Waals surface area contributed by atoms with Gasteiger partial charge in [0.15, 0.2) is 0 Å². The maximum absolute atomic E-state index is 13.2. The summed E-state index contributed by atoms with van der Waals surface area (Å²) in [6.45, 7) is 4.32. The summed E-state index contributed by atoms with van der Waals surface area (Å²) in [5.74, 6) is -0.343. The Morgan fingerprint density at radius 2 is 1.77 bits per heavy atom. The Balaban J connectivity index is 2.01. The quantitative estimate of drug-likeness (QED) is 0.732. The lowest BCUT2D eigenvalue weighted by Crippen LogP contribution is -2.32. The molecule has 1 saturated heterocycles. The number of benzene rings is 1. The van der Waals surface area contributed by atoms with Gasteiger partial charge in [-0.2, -0.15) is 14.1 Å². The first-order chi connectivity index (χ1) is 12.3. The molecule has 0 spiro atoms. The lowest BCUT2D eigenvalue weighted by atomic mass is 10.2. The molecule has 8 heteroatoms. The summed E-state index contributed by atoms with van der Waals surface area (Å²) in [6.07, 6.45) is 3.82. The highest BCUT2D eigenvalue weighted by Gasteiger charge is 2.32. The third-order valence-corrected chi connectivity index (χ3v) is 7.30. The van der Waals surface area contributed by atoms with Crippen molar-refractivity contribution in [1.29, 1.82) is 0 Å². The standard InChI is InChI=1S/C18H22BrN3O3S/c1-13-17(26(24,25)21-10-5-3-4-6-11-21)14(2)22(20-13)18(23)15-8-7-9-16(19)12-15/h7-9,12H,3-6,10-11H2,1-2H3. The summed E-state index contributed by atoms with van der Waals surface area (Å²) < 4.78 is 29.8. The Bertz CT molecular complexity index is 929. The van der Waals surface area contributed by atoms with E-state index in [1.54, 1.807) is 32.0 Å². The molecule has 0 bridgehead atoms. The molecule has 2 aromatic rings. The van der Waals surface area contributed by atoms with Crippen LogP contribution in [0.5, 0.6) is 0 Å². The van der Waals surface area contributed by atoms with Gasteiger partial charge in [-0.1, -0.05) is 34.8 Å². The van der Waals surface area contributed by atoms with Crippen LogP contribution in [-0.2, 0) is 10.0 Å². The van der Waals surface area contributed by atoms with Crippen LogP contribution in [0.2, 0.25) is 0 Å². The monoisotopic (exact) mass is 439 g/mol. The number of aromatic nitrogens is 2. The van der Waals surface area contributed by atoms with Crippen molar-refractivity contribution in [2.45, 2.75) is 44.4 Å². The second-order valence-electron chi connectivity index (χ2n) is 6.55. The maximum Gasteiger partial charge on any atom is 0.278 e. The van der Waals surface area contributed by atoms with Gasteiger partial charge in [-0.05, 0) is 44.9 Å². The normalized spacial score (nSPS) is 16.4. The van der Waals surface area contributed by atoms with Crippen LogP contribution in [0.15, 0.2) is 33.6 Å². The zero-order chi connectivity index (χ0) is 18.9. The summed E-state index contributed by atoms with van der Waals surface area (Å²) in [5.41, 5.74) is 1.16. The molecule has 3 rings (SSSR count). The van der Waals surface area contributed by atoms with Crippen molar-refractivity contribution in [2.24, 2.45) is 0 Å². The number of halogens is 1. The van der Waals surface area contributed by atoms with Crippen LogP contribution >= 0.6 is 15.9 Å². The van der Waals surface area contributed by atoms with E-state index < -0.39 is 10.0 Å². The number of hydrogen-bond acceptors (Lipinski definition) is 4. The smallest absolute Gasteiger partial charge is 0.267 e. The van der Waals surface area contributed by atoms with Crippen molar-refractivity contribution >= 4 is 31.9 Å². The lowest BCUT2D eigenvalue weighted by molar-refractivity contribution is 0.0942. The van der Waals surface area contributed by atoms with Gasteiger partial charge < -0.3 is 0 Å². The van der Waals surface area contributed by atoms with Gasteiger partial charge in [-0.15, -0.1) is 0 Å². The fourth-order valence-corrected chi connectivity index (χ4v) is 5.62. The molecule has 140 valence electrons. The van der Waals surface area contributed by atoms with E-state index in [0.717, 1.165) is 30.2 Å². The van der Waals surface area contributed by atoms with Gasteiger partial charge in [-0.3, -0.25) is 4.79 Å². The zero-order valence-electron chi connectivity index (χ0n) is 14.9. The van der Waals surface area contributed by atoms with E-state index in [-0.39, 0.29) is 10.8 Å². The molecule has 2 heterocycles. The Labute approximate surface area is 162 Å². The molecule has 1 aromatic carbocycles. The SMILES string of the molecule is Cc1nn(C(=O)c2cccc(Br)c2)c(C)c1S(=O)(=O)N1CCCCCC1. The van der Waals surface area contributed by atoms with Crippen LogP contribution < -0.4 is 0 Å². The largest absolute Gasteiger partial charge is 0.278 e. The molecule has 1 aliphatic rings. The predicted octanol–water partition coefficient (Wildman–Crippen LogP) is 3.52. The van der Waals surface area contributed by atoms with Crippen LogP contribution in [-0.4, -0.2) is 41.5 Å². The third kappa shape index (κ3) is 3.63. The van der Waals surface area contributed by atoms with Crippen LogP contribution in [0.4, 0.5) is 0 Å². The Hall–Kier alpha value is -1.51. The van der Waals surface area contributed by atoms with E-state index in [0.29, 0.717) is 30.0 Å². The van der Waals surface area contributed by atoms with E-state index in [2.05, 4.69) is 21.0 Å². The molecule has 0 amide bonds. The molecule has 1 aromatic heterocycles. The van der Waals surface area contributed by atoms with Crippen molar-refractivity contribution in [1.82, 2.24) is 14.1 Å². The molecular formula is C18H22BrN3O3S. The highest BCUT2D eigenvalue weighted by Crippen LogP contribution is 2.26. The first-order valence-corrected chi connectivity index (χ1v) is 10.9. The first-order valence-electron chi connectivity index (χ1n) is 8.69. The van der Waals surface area contributed by atoms with Gasteiger partial charge in [0.05, 0.1) is 11.4 Å². The fourth-order valence-electron chi connectivity index (χ4n) is 3.35. The topological polar surface area (TPSA) is 72.3 Å². The molecule has 0 N–H and O–H groups in total. The molecule has 0 radical (unpaired) electrons. The fraction of sp³-hybridized carbons (Fsp3) is 0.444. The molecule has 1 fully saturated rings. The molecule has 6 nitrogen and oxygen atoms in total. The summed E-state index contributed by atoms with van der Waals surface area (Å²) in [5, 5.41) is 4.25. The number of carbonyl (C=O) groups excluding carboxylic acids is 1. The minimum Gasteiger partial charge on any atom is -0.267 e. The number of carbonyl (C=O) groups is 1. The molecule has 0 aliphatic carbocycles. The molecule has 1 aliphatic heterocycles. The van der Waals surface area contributed by atoms with Crippen molar-refractivity contribution in [2.75, 3.05) is 13.1 Å². The Morgan fingerprint density at radius 3 is 2.38 bits per heavy atom. The number of aryl methyl sites for hydroxylation is 1. The number of sulfonamides is 1. The minimum atomic E-state index is -3.66. The summed E-state index contributed by atoms with van der Waals surface area (Å²) in [4.78, 5) is 13.0. The van der Waals surface area contributed by atoms with E-state index in [9.17, 15) is 13.2 Å². The summed E-state index contributed by atoms with van der Waals surface area (Å²) in [6, 6.07) is 6.97. The van der Waals surface area contributed by atoms with Gasteiger partial charge in [0.25, 0.3) is 5.91 Å². The Morgan fingerprint density at radius 1 is 1.12 bits per heavy atom. The van der Waals surface area contributed by atoms with Crippen molar-refractivity contribution in [3.63, 3.8) is 0 Å². The summed E-state index contributed by atoms with van der Waals surface area (Å²) >= 11 is 3.35. The second-order valence-corrected chi connectivity index (χ2v) is 9.34. The first kappa shape index (κ1) is 19.3. The lowest BCUT2D eigenvalue weighted by Gasteiger charge is -2.20. The maximum atomic E-state index is 13.2. The van der Waals surface area contributed by atoms with Gasteiger partial charge in [0, 0.05) is 23.1 Å². The third-order valence-electron chi connectivity index (χ3n) is 4.65. The van der Waals surface area contributed by atoms with Gasteiger partial charge in [-0.25, -0.2) is 8.42 Å². The van der Waals surface area contributed by atoms with E-state index in [4.69, 9.17) is 0 Å². The molecule has 0 atom stereocenters. The van der Waals surface area contributed by atoms with Crippen molar-refractivity contribution < 1.29 is 13.2 Å². The highest BCUT2D eigenvalue weighted by atomic mass is 79.9. The Kier molecular flexibility index (Phi) is 5.64. The van der Waals surface area contributed by atoms with E-state index >= 15 is 0 Å². The van der Waals surface area contributed by atoms with Crippen LogP contribution in [0.3, 0.4) is 0 Å². The van der Waals surface area contributed by atoms with Crippen LogP contribution in [0.1, 0.15) is 47.4 Å². The van der Waals surface area contributed by atoms with Crippen LogP contribution in [0.25, 0.3) is 0 Å². The van der Waals surface area contributed by atoms with E-state index in [1.165, 1.54) is 8.99 Å². The average molecular weight is 440 g/mol. The van der Waals surface area contributed by atoms with Crippen LogP contribution in [0, 0.1) is 13.8 Å². The molecule has 26 heavy (non-hydrogen) atoms. The average Bonchev–Trinajstić information content (AvgIpc) is 2.79.